The number of methoxy groups -OCH3 is 1. The zero-order valence-electron chi connectivity index (χ0n) is 22.0. The lowest BCUT2D eigenvalue weighted by Gasteiger charge is -2.27. The van der Waals surface area contributed by atoms with Crippen LogP contribution in [0.25, 0.3) is 23.1 Å². The minimum atomic E-state index is -3.68. The summed E-state index contributed by atoms with van der Waals surface area (Å²) in [4.78, 5) is 4.67. The van der Waals surface area contributed by atoms with Gasteiger partial charge in [-0.05, 0) is 79.3 Å². The maximum absolute atomic E-state index is 12.2. The Morgan fingerprint density at radius 3 is 2.50 bits per heavy atom. The zero-order valence-corrected chi connectivity index (χ0v) is 23.6. The smallest absolute Gasteiger partial charge is 0.264 e. The molecule has 4 aromatic rings. The molecular weight excluding hydrogens is 518 g/mol. The molecule has 0 amide bonds. The minimum absolute atomic E-state index is 0.462. The van der Waals surface area contributed by atoms with E-state index in [1.807, 2.05) is 98.8 Å². The molecule has 0 unspecified atom stereocenters. The number of hydrogen-bond donors (Lipinski definition) is 0. The van der Waals surface area contributed by atoms with Gasteiger partial charge in [0.1, 0.15) is 6.10 Å². The molecule has 0 saturated carbocycles. The highest BCUT2D eigenvalue weighted by Gasteiger charge is 2.24. The average molecular weight is 550 g/mol. The number of benzene rings is 3. The number of fused-ring (bicyclic) bond motifs is 1. The molecule has 7 heteroatoms. The molecule has 0 bridgehead atoms. The standard InChI is InChI=1S/C31H32ClNO4S/c1-31(2,36-3)28-11-6-5-9-23(28)15-19-30(37-38(4,34)35)25-10-7-8-22(20-25)12-17-27-18-14-24-13-16-26(32)21-29(24)33-27/h5-14,16-18,20-21,30H,15,19H2,1-4H3/b17-12+/t30-/m1/s1. The number of nitrogens with zero attached hydrogens (tertiary/aromatic N) is 1. The number of hydrogen-bond acceptors (Lipinski definition) is 5. The van der Waals surface area contributed by atoms with Crippen LogP contribution in [0.3, 0.4) is 0 Å². The van der Waals surface area contributed by atoms with Gasteiger partial charge in [-0.2, -0.15) is 8.42 Å². The van der Waals surface area contributed by atoms with Gasteiger partial charge in [0.25, 0.3) is 10.1 Å². The van der Waals surface area contributed by atoms with Crippen molar-refractivity contribution in [3.8, 4) is 0 Å². The first-order valence-corrected chi connectivity index (χ1v) is 14.6. The number of ether oxygens (including phenoxy) is 1. The molecule has 0 saturated heterocycles. The van der Waals surface area contributed by atoms with Crippen molar-refractivity contribution in [2.75, 3.05) is 13.4 Å². The lowest BCUT2D eigenvalue weighted by atomic mass is 9.89. The van der Waals surface area contributed by atoms with Gasteiger partial charge in [0, 0.05) is 17.5 Å². The van der Waals surface area contributed by atoms with Crippen LogP contribution in [0.1, 0.15) is 54.3 Å². The van der Waals surface area contributed by atoms with Crippen molar-refractivity contribution < 1.29 is 17.3 Å². The fourth-order valence-corrected chi connectivity index (χ4v) is 5.24. The van der Waals surface area contributed by atoms with E-state index < -0.39 is 21.8 Å². The second kappa shape index (κ2) is 11.8. The van der Waals surface area contributed by atoms with E-state index in [2.05, 4.69) is 11.1 Å². The monoisotopic (exact) mass is 549 g/mol. The first kappa shape index (κ1) is 28.0. The molecule has 0 aliphatic carbocycles. The predicted octanol–water partition coefficient (Wildman–Crippen LogP) is 7.59. The molecule has 198 valence electrons. The van der Waals surface area contributed by atoms with Crippen LogP contribution in [-0.4, -0.2) is 26.8 Å². The molecule has 1 atom stereocenters. The summed E-state index contributed by atoms with van der Waals surface area (Å²) in [7, 11) is -1.99. The average Bonchev–Trinajstić information content (AvgIpc) is 2.89. The van der Waals surface area contributed by atoms with Crippen molar-refractivity contribution >= 4 is 44.8 Å². The first-order chi connectivity index (χ1) is 18.0. The van der Waals surface area contributed by atoms with E-state index in [4.69, 9.17) is 20.5 Å². The van der Waals surface area contributed by atoms with E-state index in [0.717, 1.165) is 45.1 Å². The second-order valence-electron chi connectivity index (χ2n) is 9.78. The fourth-order valence-electron chi connectivity index (χ4n) is 4.45. The van der Waals surface area contributed by atoms with Crippen LogP contribution in [-0.2, 0) is 31.1 Å². The molecule has 5 nitrogen and oxygen atoms in total. The van der Waals surface area contributed by atoms with Crippen molar-refractivity contribution in [1.82, 2.24) is 4.98 Å². The number of rotatable bonds is 10. The Morgan fingerprint density at radius 2 is 1.74 bits per heavy atom. The van der Waals surface area contributed by atoms with E-state index >= 15 is 0 Å². The molecule has 0 radical (unpaired) electrons. The Labute approximate surface area is 230 Å². The number of aryl methyl sites for hydroxylation is 1. The summed E-state index contributed by atoms with van der Waals surface area (Å²) >= 11 is 6.12. The van der Waals surface area contributed by atoms with E-state index in [0.29, 0.717) is 17.9 Å². The second-order valence-corrected chi connectivity index (χ2v) is 11.8. The molecule has 0 aliphatic heterocycles. The van der Waals surface area contributed by atoms with Gasteiger partial charge in [0.05, 0.1) is 23.1 Å². The van der Waals surface area contributed by atoms with Crippen LogP contribution < -0.4 is 0 Å². The van der Waals surface area contributed by atoms with Crippen molar-refractivity contribution in [2.24, 2.45) is 0 Å². The molecule has 4 rings (SSSR count). The Bertz CT molecular complexity index is 1560. The quantitative estimate of drug-likeness (QED) is 0.191. The Hall–Kier alpha value is -3.03. The SMILES string of the molecule is COC(C)(C)c1ccccc1CC[C@@H](OS(C)(=O)=O)c1cccc(/C=C/c2ccc3ccc(Cl)cc3n2)c1. The molecule has 0 N–H and O–H groups in total. The van der Waals surface area contributed by atoms with Crippen LogP contribution in [0.15, 0.2) is 78.9 Å². The normalized spacial score (nSPS) is 13.3. The molecule has 0 spiro atoms. The van der Waals surface area contributed by atoms with Crippen LogP contribution in [0.4, 0.5) is 0 Å². The fraction of sp³-hybridized carbons (Fsp3) is 0.258. The molecule has 3 aromatic carbocycles. The highest BCUT2D eigenvalue weighted by atomic mass is 35.5. The molecule has 0 fully saturated rings. The molecular formula is C31H32ClNO4S. The number of aromatic nitrogens is 1. The summed E-state index contributed by atoms with van der Waals surface area (Å²) in [5.41, 5.74) is 5.04. The first-order valence-electron chi connectivity index (χ1n) is 12.4. The van der Waals surface area contributed by atoms with Crippen LogP contribution in [0.5, 0.6) is 0 Å². The van der Waals surface area contributed by atoms with Crippen molar-refractivity contribution in [3.63, 3.8) is 0 Å². The van der Waals surface area contributed by atoms with Gasteiger partial charge in [0.2, 0.25) is 0 Å². The summed E-state index contributed by atoms with van der Waals surface area (Å²) in [6.45, 7) is 4.04. The van der Waals surface area contributed by atoms with Crippen LogP contribution in [0.2, 0.25) is 5.02 Å². The van der Waals surface area contributed by atoms with Gasteiger partial charge in [0.15, 0.2) is 0 Å². The summed E-state index contributed by atoms with van der Waals surface area (Å²) in [6.07, 6.45) is 5.46. The summed E-state index contributed by atoms with van der Waals surface area (Å²) in [5, 5.41) is 1.66. The van der Waals surface area contributed by atoms with E-state index in [9.17, 15) is 8.42 Å². The topological polar surface area (TPSA) is 65.5 Å². The third kappa shape index (κ3) is 7.29. The van der Waals surface area contributed by atoms with Gasteiger partial charge in [-0.1, -0.05) is 72.3 Å². The van der Waals surface area contributed by atoms with Crippen molar-refractivity contribution in [2.45, 2.75) is 38.4 Å². The Balaban J connectivity index is 1.58. The highest BCUT2D eigenvalue weighted by molar-refractivity contribution is 7.86. The summed E-state index contributed by atoms with van der Waals surface area (Å²) in [5.74, 6) is 0. The van der Waals surface area contributed by atoms with Crippen molar-refractivity contribution in [1.29, 1.82) is 0 Å². The van der Waals surface area contributed by atoms with Gasteiger partial charge in [-0.15, -0.1) is 0 Å². The molecule has 1 aromatic heterocycles. The number of halogens is 1. The van der Waals surface area contributed by atoms with E-state index in [-0.39, 0.29) is 0 Å². The van der Waals surface area contributed by atoms with Gasteiger partial charge in [-0.3, -0.25) is 4.18 Å². The number of pyridine rings is 1. The summed E-state index contributed by atoms with van der Waals surface area (Å²) in [6, 6.07) is 25.4. The Morgan fingerprint density at radius 1 is 0.974 bits per heavy atom. The van der Waals surface area contributed by atoms with Gasteiger partial charge < -0.3 is 4.74 Å². The van der Waals surface area contributed by atoms with Gasteiger partial charge >= 0.3 is 0 Å². The maximum Gasteiger partial charge on any atom is 0.264 e. The lowest BCUT2D eigenvalue weighted by Crippen LogP contribution is -2.21. The van der Waals surface area contributed by atoms with E-state index in [1.165, 1.54) is 0 Å². The third-order valence-corrected chi connectivity index (χ3v) is 7.36. The van der Waals surface area contributed by atoms with E-state index in [1.54, 1.807) is 7.11 Å². The van der Waals surface area contributed by atoms with Crippen molar-refractivity contribution in [3.05, 3.63) is 112 Å². The summed E-state index contributed by atoms with van der Waals surface area (Å²) < 4.78 is 35.6. The third-order valence-electron chi connectivity index (χ3n) is 6.55. The van der Waals surface area contributed by atoms with Gasteiger partial charge in [-0.25, -0.2) is 4.98 Å². The minimum Gasteiger partial charge on any atom is -0.374 e. The maximum atomic E-state index is 12.2. The van der Waals surface area contributed by atoms with Crippen LogP contribution >= 0.6 is 11.6 Å². The largest absolute Gasteiger partial charge is 0.374 e. The molecule has 1 heterocycles. The lowest BCUT2D eigenvalue weighted by molar-refractivity contribution is 0.0183. The Kier molecular flexibility index (Phi) is 8.68. The predicted molar refractivity (Wildman–Crippen MR) is 156 cm³/mol. The molecule has 38 heavy (non-hydrogen) atoms. The van der Waals surface area contributed by atoms with Crippen LogP contribution in [0, 0.1) is 0 Å². The molecule has 0 aliphatic rings. The zero-order chi connectivity index (χ0) is 27.3. The highest BCUT2D eigenvalue weighted by Crippen LogP contribution is 2.31.